The number of nitrogens with two attached hydrogens (primary N) is 1. The lowest BCUT2D eigenvalue weighted by Gasteiger charge is -2.27. The molecule has 18 heavy (non-hydrogen) atoms. The molecule has 3 N–H and O–H groups in total. The normalized spacial score (nSPS) is 10.4. The largest absolute Gasteiger partial charge is 0.399 e. The molecule has 100 valence electrons. The molecule has 0 aliphatic rings. The molecule has 0 unspecified atom stereocenters. The van der Waals surface area contributed by atoms with Gasteiger partial charge in [-0.3, -0.25) is 0 Å². The average Bonchev–Trinajstić information content (AvgIpc) is 2.32. The Bertz CT molecular complexity index is 390. The molecule has 1 aromatic carbocycles. The molecule has 0 aliphatic heterocycles. The first-order chi connectivity index (χ1) is 8.54. The summed E-state index contributed by atoms with van der Waals surface area (Å²) < 4.78 is 0. The number of nitrogens with one attached hydrogen (secondary N) is 1. The number of nitrogen functional groups attached to an aromatic ring is 1. The van der Waals surface area contributed by atoms with E-state index in [2.05, 4.69) is 5.32 Å². The third-order valence-corrected chi connectivity index (χ3v) is 2.71. The number of hydrogen-bond donors (Lipinski definition) is 2. The zero-order valence-electron chi connectivity index (χ0n) is 11.4. The van der Waals surface area contributed by atoms with Crippen LogP contribution in [0, 0.1) is 0 Å². The van der Waals surface area contributed by atoms with Crippen LogP contribution in [0.15, 0.2) is 24.3 Å². The van der Waals surface area contributed by atoms with Gasteiger partial charge in [0.05, 0.1) is 0 Å². The van der Waals surface area contributed by atoms with Gasteiger partial charge in [0.25, 0.3) is 0 Å². The molecule has 0 atom stereocenters. The Morgan fingerprint density at radius 3 is 2.72 bits per heavy atom. The topological polar surface area (TPSA) is 58.4 Å². The maximum atomic E-state index is 12.0. The molecule has 1 rings (SSSR count). The monoisotopic (exact) mass is 249 g/mol. The van der Waals surface area contributed by atoms with Crippen molar-refractivity contribution in [2.45, 2.75) is 39.8 Å². The van der Waals surface area contributed by atoms with Crippen LogP contribution in [-0.2, 0) is 6.54 Å². The van der Waals surface area contributed by atoms with E-state index in [1.165, 1.54) is 0 Å². The average molecular weight is 249 g/mol. The number of carbonyl (C=O) groups is 1. The highest BCUT2D eigenvalue weighted by atomic mass is 16.2. The van der Waals surface area contributed by atoms with Crippen molar-refractivity contribution in [1.29, 1.82) is 0 Å². The van der Waals surface area contributed by atoms with E-state index in [1.807, 2.05) is 49.9 Å². The molecule has 0 fully saturated rings. The lowest BCUT2D eigenvalue weighted by Crippen LogP contribution is -2.43. The Morgan fingerprint density at radius 1 is 1.44 bits per heavy atom. The van der Waals surface area contributed by atoms with Crippen LogP contribution in [0.5, 0.6) is 0 Å². The van der Waals surface area contributed by atoms with Gasteiger partial charge in [-0.1, -0.05) is 19.1 Å². The second-order valence-corrected chi connectivity index (χ2v) is 4.70. The van der Waals surface area contributed by atoms with Crippen LogP contribution >= 0.6 is 0 Å². The minimum atomic E-state index is -0.0192. The summed E-state index contributed by atoms with van der Waals surface area (Å²) in [6.45, 7) is 7.35. The fourth-order valence-corrected chi connectivity index (χ4v) is 1.71. The molecule has 0 saturated heterocycles. The minimum Gasteiger partial charge on any atom is -0.399 e. The van der Waals surface area contributed by atoms with Gasteiger partial charge in [-0.25, -0.2) is 4.79 Å². The molecule has 4 heteroatoms. The van der Waals surface area contributed by atoms with Crippen molar-refractivity contribution in [2.75, 3.05) is 12.3 Å². The van der Waals surface area contributed by atoms with E-state index in [0.717, 1.165) is 17.7 Å². The van der Waals surface area contributed by atoms with Gasteiger partial charge in [0.1, 0.15) is 0 Å². The number of nitrogens with zero attached hydrogens (tertiary/aromatic N) is 1. The fraction of sp³-hybridized carbons (Fsp3) is 0.500. The lowest BCUT2D eigenvalue weighted by atomic mass is 10.2. The summed E-state index contributed by atoms with van der Waals surface area (Å²) in [6.07, 6.45) is 0.940. The summed E-state index contributed by atoms with van der Waals surface area (Å²) in [4.78, 5) is 13.8. The molecule has 0 heterocycles. The highest BCUT2D eigenvalue weighted by molar-refractivity contribution is 5.74. The van der Waals surface area contributed by atoms with Crippen LogP contribution < -0.4 is 11.1 Å². The predicted octanol–water partition coefficient (Wildman–Crippen LogP) is 2.60. The van der Waals surface area contributed by atoms with Gasteiger partial charge >= 0.3 is 6.03 Å². The quantitative estimate of drug-likeness (QED) is 0.788. The third-order valence-electron chi connectivity index (χ3n) is 2.71. The molecule has 0 aliphatic carbocycles. The zero-order chi connectivity index (χ0) is 13.5. The van der Waals surface area contributed by atoms with Crippen molar-refractivity contribution < 1.29 is 4.79 Å². The van der Waals surface area contributed by atoms with Crippen LogP contribution in [0.1, 0.15) is 32.8 Å². The van der Waals surface area contributed by atoms with Crippen LogP contribution in [0.2, 0.25) is 0 Å². The minimum absolute atomic E-state index is 0.0192. The summed E-state index contributed by atoms with van der Waals surface area (Å²) in [5, 5.41) is 2.90. The second kappa shape index (κ2) is 6.89. The maximum Gasteiger partial charge on any atom is 0.317 e. The van der Waals surface area contributed by atoms with Crippen molar-refractivity contribution >= 4 is 11.7 Å². The highest BCUT2D eigenvalue weighted by Gasteiger charge is 2.16. The first kappa shape index (κ1) is 14.4. The van der Waals surface area contributed by atoms with E-state index in [-0.39, 0.29) is 12.1 Å². The van der Waals surface area contributed by atoms with Crippen molar-refractivity contribution in [3.05, 3.63) is 29.8 Å². The molecule has 0 aromatic heterocycles. The number of anilines is 1. The number of amides is 2. The van der Waals surface area contributed by atoms with Crippen molar-refractivity contribution in [3.63, 3.8) is 0 Å². The van der Waals surface area contributed by atoms with Gasteiger partial charge < -0.3 is 16.0 Å². The number of rotatable bonds is 5. The van der Waals surface area contributed by atoms with Gasteiger partial charge in [0.2, 0.25) is 0 Å². The smallest absolute Gasteiger partial charge is 0.317 e. The Hall–Kier alpha value is -1.71. The number of benzene rings is 1. The van der Waals surface area contributed by atoms with Crippen LogP contribution in [-0.4, -0.2) is 23.5 Å². The second-order valence-electron chi connectivity index (χ2n) is 4.70. The number of carbonyl (C=O) groups excluding carboxylic acids is 1. The molecule has 0 spiro atoms. The van der Waals surface area contributed by atoms with Crippen LogP contribution in [0.4, 0.5) is 10.5 Å². The van der Waals surface area contributed by atoms with E-state index in [1.54, 1.807) is 0 Å². The van der Waals surface area contributed by atoms with Gasteiger partial charge in [-0.15, -0.1) is 0 Å². The molecule has 0 bridgehead atoms. The number of urea groups is 1. The Kier molecular flexibility index (Phi) is 5.49. The molecular formula is C14H23N3O. The van der Waals surface area contributed by atoms with Gasteiger partial charge in [0.15, 0.2) is 0 Å². The summed E-state index contributed by atoms with van der Waals surface area (Å²) in [5.74, 6) is 0. The Labute approximate surface area is 109 Å². The first-order valence-corrected chi connectivity index (χ1v) is 6.43. The predicted molar refractivity (Wildman–Crippen MR) is 75.2 cm³/mol. The van der Waals surface area contributed by atoms with Gasteiger partial charge in [-0.2, -0.15) is 0 Å². The lowest BCUT2D eigenvalue weighted by molar-refractivity contribution is 0.180. The van der Waals surface area contributed by atoms with Gasteiger partial charge in [0, 0.05) is 24.8 Å². The van der Waals surface area contributed by atoms with Crippen LogP contribution in [0.25, 0.3) is 0 Å². The van der Waals surface area contributed by atoms with E-state index >= 15 is 0 Å². The van der Waals surface area contributed by atoms with E-state index < -0.39 is 0 Å². The maximum absolute atomic E-state index is 12.0. The van der Waals surface area contributed by atoms with Crippen molar-refractivity contribution in [2.24, 2.45) is 0 Å². The number of hydrogen-bond acceptors (Lipinski definition) is 2. The van der Waals surface area contributed by atoms with Crippen molar-refractivity contribution in [3.8, 4) is 0 Å². The molecular weight excluding hydrogens is 226 g/mol. The molecule has 2 amide bonds. The van der Waals surface area contributed by atoms with Crippen molar-refractivity contribution in [1.82, 2.24) is 10.2 Å². The van der Waals surface area contributed by atoms with Crippen LogP contribution in [0.3, 0.4) is 0 Å². The SMILES string of the molecule is CCCNC(=O)N(Cc1cccc(N)c1)C(C)C. The highest BCUT2D eigenvalue weighted by Crippen LogP contribution is 2.11. The van der Waals surface area contributed by atoms with E-state index in [0.29, 0.717) is 13.1 Å². The van der Waals surface area contributed by atoms with Gasteiger partial charge in [-0.05, 0) is 38.0 Å². The standard InChI is InChI=1S/C14H23N3O/c1-4-8-16-14(18)17(11(2)3)10-12-6-5-7-13(15)9-12/h5-7,9,11H,4,8,10,15H2,1-3H3,(H,16,18). The Balaban J connectivity index is 2.71. The molecule has 1 aromatic rings. The molecule has 0 saturated carbocycles. The third kappa shape index (κ3) is 4.28. The molecule has 4 nitrogen and oxygen atoms in total. The van der Waals surface area contributed by atoms with E-state index in [9.17, 15) is 4.79 Å². The zero-order valence-corrected chi connectivity index (χ0v) is 11.4. The Morgan fingerprint density at radius 2 is 2.17 bits per heavy atom. The van der Waals surface area contributed by atoms with E-state index in [4.69, 9.17) is 5.73 Å². The summed E-state index contributed by atoms with van der Waals surface area (Å²) in [6, 6.07) is 7.78. The fourth-order valence-electron chi connectivity index (χ4n) is 1.71. The first-order valence-electron chi connectivity index (χ1n) is 6.43. The summed E-state index contributed by atoms with van der Waals surface area (Å²) in [7, 11) is 0. The molecule has 0 radical (unpaired) electrons. The summed E-state index contributed by atoms with van der Waals surface area (Å²) in [5.41, 5.74) is 7.53. The summed E-state index contributed by atoms with van der Waals surface area (Å²) >= 11 is 0.